The number of likely N-dealkylation sites (tertiary alicyclic amines) is 1. The molecule has 12 nitrogen and oxygen atoms in total. The zero-order chi connectivity index (χ0) is 29.3. The highest BCUT2D eigenvalue weighted by Gasteiger charge is 2.64. The van der Waals surface area contributed by atoms with Crippen molar-refractivity contribution in [3.05, 3.63) is 39.9 Å². The van der Waals surface area contributed by atoms with Gasteiger partial charge in [0.2, 0.25) is 11.7 Å². The van der Waals surface area contributed by atoms with Crippen molar-refractivity contribution in [2.45, 2.75) is 37.3 Å². The van der Waals surface area contributed by atoms with Crippen LogP contribution in [0.4, 0.5) is 10.1 Å². The summed E-state index contributed by atoms with van der Waals surface area (Å²) in [6.07, 6.45) is 1.56. The maximum absolute atomic E-state index is 15.4. The van der Waals surface area contributed by atoms with E-state index >= 15 is 4.39 Å². The maximum Gasteiger partial charge on any atom is 0.255 e. The number of rotatable bonds is 5. The van der Waals surface area contributed by atoms with Crippen LogP contribution in [0.1, 0.15) is 30.4 Å². The molecule has 2 fully saturated rings. The minimum Gasteiger partial charge on any atom is -0.508 e. The van der Waals surface area contributed by atoms with Crippen LogP contribution < -0.4 is 11.1 Å². The average molecular weight is 559 g/mol. The molecule has 0 spiro atoms. The number of carbonyl (C=O) groups excluding carboxylic acids is 4. The lowest BCUT2D eigenvalue weighted by Crippen LogP contribution is -2.65. The number of nitrogens with one attached hydrogen (secondary N) is 1. The summed E-state index contributed by atoms with van der Waals surface area (Å²) >= 11 is 0. The van der Waals surface area contributed by atoms with E-state index in [0.29, 0.717) is 0 Å². The van der Waals surface area contributed by atoms with Gasteiger partial charge in [-0.2, -0.15) is 0 Å². The van der Waals surface area contributed by atoms with E-state index in [1.54, 1.807) is 0 Å². The predicted molar refractivity (Wildman–Crippen MR) is 139 cm³/mol. The highest BCUT2D eigenvalue weighted by Crippen LogP contribution is 2.53. The molecule has 4 aliphatic rings. The number of benzene rings is 1. The Morgan fingerprint density at radius 2 is 1.85 bits per heavy atom. The third-order valence-corrected chi connectivity index (χ3v) is 8.51. The molecular weight excluding hydrogens is 527 g/mol. The minimum absolute atomic E-state index is 0.0275. The molecule has 1 aliphatic heterocycles. The Bertz CT molecular complexity index is 1410. The number of hydrogen-bond acceptors (Lipinski definition) is 10. The Balaban J connectivity index is 1.60. The van der Waals surface area contributed by atoms with E-state index in [2.05, 4.69) is 5.32 Å². The highest BCUT2D eigenvalue weighted by molar-refractivity contribution is 6.24. The lowest BCUT2D eigenvalue weighted by molar-refractivity contribution is -0.153. The van der Waals surface area contributed by atoms with Crippen molar-refractivity contribution >= 4 is 34.8 Å². The Kier molecular flexibility index (Phi) is 6.71. The van der Waals surface area contributed by atoms with Crippen molar-refractivity contribution in [3.63, 3.8) is 0 Å². The van der Waals surface area contributed by atoms with E-state index in [1.165, 1.54) is 19.0 Å². The predicted octanol–water partition coefficient (Wildman–Crippen LogP) is 0.137. The zero-order valence-corrected chi connectivity index (χ0v) is 22.0. The fraction of sp³-hybridized carbons (Fsp3) is 0.481. The smallest absolute Gasteiger partial charge is 0.255 e. The fourth-order valence-electron chi connectivity index (χ4n) is 6.69. The number of nitrogens with two attached hydrogens (primary N) is 1. The van der Waals surface area contributed by atoms with Crippen molar-refractivity contribution < 1.29 is 44.0 Å². The summed E-state index contributed by atoms with van der Waals surface area (Å²) in [5.41, 5.74) is 0.362. The molecule has 1 aromatic rings. The summed E-state index contributed by atoms with van der Waals surface area (Å²) in [6.45, 7) is 1.49. The summed E-state index contributed by atoms with van der Waals surface area (Å²) in [4.78, 5) is 54.8. The van der Waals surface area contributed by atoms with E-state index in [4.69, 9.17) is 5.73 Å². The van der Waals surface area contributed by atoms with Gasteiger partial charge < -0.3 is 31.5 Å². The van der Waals surface area contributed by atoms with E-state index in [9.17, 15) is 39.6 Å². The Labute approximate surface area is 228 Å². The number of aliphatic hydroxyl groups is 3. The molecule has 4 atom stereocenters. The van der Waals surface area contributed by atoms with Gasteiger partial charge >= 0.3 is 0 Å². The minimum atomic E-state index is -2.79. The van der Waals surface area contributed by atoms with Crippen LogP contribution in [0.15, 0.2) is 23.0 Å². The average Bonchev–Trinajstić information content (AvgIpc) is 3.37. The molecular formula is C27H31FN4O8. The molecule has 0 unspecified atom stereocenters. The first-order chi connectivity index (χ1) is 18.8. The van der Waals surface area contributed by atoms with Crippen molar-refractivity contribution in [3.8, 4) is 5.75 Å². The lowest BCUT2D eigenvalue weighted by atomic mass is 9.57. The summed E-state index contributed by atoms with van der Waals surface area (Å²) in [7, 11) is 2.98. The van der Waals surface area contributed by atoms with Gasteiger partial charge in [-0.25, -0.2) is 4.39 Å². The summed E-state index contributed by atoms with van der Waals surface area (Å²) in [5, 5.41) is 47.2. The maximum atomic E-state index is 15.4. The van der Waals surface area contributed by atoms with Crippen LogP contribution in [0, 0.1) is 17.7 Å². The first-order valence-electron chi connectivity index (χ1n) is 13.0. The second kappa shape index (κ2) is 9.68. The number of aliphatic hydroxyl groups excluding tert-OH is 2. The Hall–Kier alpha value is -3.81. The number of fused-ring (bicyclic) bond motifs is 3. The van der Waals surface area contributed by atoms with Crippen LogP contribution in [0.25, 0.3) is 5.76 Å². The van der Waals surface area contributed by atoms with Crippen molar-refractivity contribution in [1.29, 1.82) is 0 Å². The molecule has 3 aliphatic carbocycles. The number of likely N-dealkylation sites (N-methyl/N-ethyl adjacent to an activating group) is 1. The molecule has 13 heteroatoms. The largest absolute Gasteiger partial charge is 0.508 e. The van der Waals surface area contributed by atoms with Gasteiger partial charge in [0, 0.05) is 23.1 Å². The number of phenols is 1. The highest BCUT2D eigenvalue weighted by atomic mass is 19.1. The molecule has 1 saturated carbocycles. The van der Waals surface area contributed by atoms with Crippen LogP contribution in [0.3, 0.4) is 0 Å². The van der Waals surface area contributed by atoms with Crippen LogP contribution in [-0.2, 0) is 25.6 Å². The van der Waals surface area contributed by atoms with Crippen molar-refractivity contribution in [1.82, 2.24) is 9.80 Å². The van der Waals surface area contributed by atoms with Gasteiger partial charge in [-0.15, -0.1) is 0 Å². The third-order valence-electron chi connectivity index (χ3n) is 8.51. The van der Waals surface area contributed by atoms with E-state index in [1.807, 2.05) is 4.90 Å². The first kappa shape index (κ1) is 27.7. The number of amides is 2. The number of phenolic OH excluding ortho intramolecular Hbond substituents is 1. The molecule has 0 bridgehead atoms. The number of anilines is 1. The van der Waals surface area contributed by atoms with Gasteiger partial charge in [0.1, 0.15) is 22.9 Å². The second-order valence-electron chi connectivity index (χ2n) is 11.1. The van der Waals surface area contributed by atoms with Gasteiger partial charge in [0.05, 0.1) is 23.8 Å². The van der Waals surface area contributed by atoms with E-state index in [0.717, 1.165) is 32.0 Å². The van der Waals surface area contributed by atoms with Crippen LogP contribution in [0.5, 0.6) is 5.75 Å². The molecule has 2 amide bonds. The van der Waals surface area contributed by atoms with Crippen LogP contribution in [-0.4, -0.2) is 99.0 Å². The molecule has 214 valence electrons. The normalized spacial score (nSPS) is 28.5. The molecule has 1 aromatic carbocycles. The standard InChI is InChI=1S/C27H31FN4O8/c1-31(2)20-13-8-11-7-12-14(28)9-15(30-16(33)10-32-5-3-4-6-32)21(34)18(12)22(35)17(11)24(37)27(13,40)25(38)19(23(20)36)26(29)39/h9,11,13,20,34-35,38,40H,3-8,10H2,1-2H3,(H2,29,39)(H,30,33)/t11-,13+,20+,27-/m1/s1. The monoisotopic (exact) mass is 558 g/mol. The van der Waals surface area contributed by atoms with Gasteiger partial charge in [0.15, 0.2) is 17.1 Å². The van der Waals surface area contributed by atoms with Crippen molar-refractivity contribution in [2.24, 2.45) is 17.6 Å². The molecule has 40 heavy (non-hydrogen) atoms. The van der Waals surface area contributed by atoms with Crippen LogP contribution in [0.2, 0.25) is 0 Å². The topological polar surface area (TPSA) is 194 Å². The molecule has 5 rings (SSSR count). The van der Waals surface area contributed by atoms with Gasteiger partial charge in [-0.05, 0) is 58.8 Å². The number of ketones is 2. The van der Waals surface area contributed by atoms with Gasteiger partial charge in [-0.1, -0.05) is 0 Å². The zero-order valence-electron chi connectivity index (χ0n) is 22.0. The Morgan fingerprint density at radius 3 is 2.45 bits per heavy atom. The summed E-state index contributed by atoms with van der Waals surface area (Å²) in [6, 6.07) is -0.292. The van der Waals surface area contributed by atoms with E-state index < -0.39 is 86.7 Å². The number of carbonyl (C=O) groups is 4. The van der Waals surface area contributed by atoms with Gasteiger partial charge in [0.25, 0.3) is 5.91 Å². The number of halogens is 1. The second-order valence-corrected chi connectivity index (χ2v) is 11.1. The fourth-order valence-corrected chi connectivity index (χ4v) is 6.69. The van der Waals surface area contributed by atoms with Crippen molar-refractivity contribution in [2.75, 3.05) is 39.0 Å². The quantitative estimate of drug-likeness (QED) is 0.214. The number of Topliss-reactive ketones (excluding diaryl/α,β-unsaturated/α-hetero) is 2. The number of aromatic hydroxyl groups is 1. The lowest BCUT2D eigenvalue weighted by Gasteiger charge is -2.50. The summed E-state index contributed by atoms with van der Waals surface area (Å²) in [5.74, 6) is -9.61. The molecule has 1 saturated heterocycles. The molecule has 7 N–H and O–H groups in total. The number of nitrogens with zero attached hydrogens (tertiary/aromatic N) is 2. The first-order valence-corrected chi connectivity index (χ1v) is 13.0. The Morgan fingerprint density at radius 1 is 1.20 bits per heavy atom. The molecule has 0 aromatic heterocycles. The SMILES string of the molecule is CN(C)[C@@H]1C(=O)C(C(N)=O)=C(O)[C@]2(O)C(=O)C3=C(O)c4c(O)c(NC(=O)CN5CCCC5)cc(F)c4C[C@@H]3C[C@@H]12. The number of hydrogen-bond donors (Lipinski definition) is 6. The van der Waals surface area contributed by atoms with Crippen LogP contribution >= 0.6 is 0 Å². The molecule has 1 heterocycles. The number of primary amides is 1. The third kappa shape index (κ3) is 3.99. The van der Waals surface area contributed by atoms with E-state index in [-0.39, 0.29) is 30.6 Å². The summed E-state index contributed by atoms with van der Waals surface area (Å²) < 4.78 is 15.4. The van der Waals surface area contributed by atoms with Gasteiger partial charge in [-0.3, -0.25) is 29.0 Å². The molecule has 0 radical (unpaired) electrons.